The molecule has 1 aromatic carbocycles. The van der Waals surface area contributed by atoms with Gasteiger partial charge in [-0.25, -0.2) is 13.2 Å². The fourth-order valence-electron chi connectivity index (χ4n) is 6.45. The second-order valence-electron chi connectivity index (χ2n) is 10.2. The molecule has 0 N–H and O–H groups in total. The Hall–Kier alpha value is -0.990. The van der Waals surface area contributed by atoms with Gasteiger partial charge in [-0.15, -0.1) is 0 Å². The average molecular weight is 393 g/mol. The van der Waals surface area contributed by atoms with Gasteiger partial charge in [0.05, 0.1) is 0 Å². The van der Waals surface area contributed by atoms with Crippen LogP contribution in [0.15, 0.2) is 12.1 Å². The summed E-state index contributed by atoms with van der Waals surface area (Å²) in [5.74, 6) is 1.02. The Morgan fingerprint density at radius 3 is 2.00 bits per heavy atom. The molecule has 3 aliphatic rings. The molecule has 0 radical (unpaired) electrons. The third kappa shape index (κ3) is 4.60. The van der Waals surface area contributed by atoms with E-state index in [2.05, 4.69) is 6.92 Å². The topological polar surface area (TPSA) is 0 Å². The van der Waals surface area contributed by atoms with Crippen LogP contribution in [0.2, 0.25) is 0 Å². The van der Waals surface area contributed by atoms with Crippen molar-refractivity contribution in [3.05, 3.63) is 35.1 Å². The summed E-state index contributed by atoms with van der Waals surface area (Å²) < 4.78 is 40.5. The van der Waals surface area contributed by atoms with Gasteiger partial charge in [-0.2, -0.15) is 0 Å². The van der Waals surface area contributed by atoms with Gasteiger partial charge in [-0.3, -0.25) is 0 Å². The van der Waals surface area contributed by atoms with Crippen LogP contribution in [0, 0.1) is 47.0 Å². The molecule has 0 saturated heterocycles. The fourth-order valence-corrected chi connectivity index (χ4v) is 6.45. The third-order valence-corrected chi connectivity index (χ3v) is 8.32. The van der Waals surface area contributed by atoms with Crippen molar-refractivity contribution in [1.82, 2.24) is 0 Å². The van der Waals surface area contributed by atoms with Gasteiger partial charge in [-0.1, -0.05) is 51.9 Å². The van der Waals surface area contributed by atoms with E-state index in [0.29, 0.717) is 11.5 Å². The molecule has 4 rings (SSSR count). The van der Waals surface area contributed by atoms with Gasteiger partial charge in [-0.05, 0) is 85.3 Å². The number of benzene rings is 1. The zero-order chi connectivity index (χ0) is 19.7. The van der Waals surface area contributed by atoms with Gasteiger partial charge in [0.25, 0.3) is 0 Å². The van der Waals surface area contributed by atoms with E-state index >= 15 is 0 Å². The molecule has 0 nitrogen and oxygen atoms in total. The maximum Gasteiger partial charge on any atom is 0.194 e. The van der Waals surface area contributed by atoms with Crippen molar-refractivity contribution in [1.29, 1.82) is 0 Å². The minimum Gasteiger partial charge on any atom is -0.204 e. The van der Waals surface area contributed by atoms with E-state index in [1.54, 1.807) is 0 Å². The van der Waals surface area contributed by atoms with Crippen molar-refractivity contribution in [3.63, 3.8) is 0 Å². The lowest BCUT2D eigenvalue weighted by Gasteiger charge is -2.42. The second kappa shape index (κ2) is 8.79. The smallest absolute Gasteiger partial charge is 0.194 e. The summed E-state index contributed by atoms with van der Waals surface area (Å²) in [4.78, 5) is 0. The first kappa shape index (κ1) is 20.3. The standard InChI is InChI=1S/C25H35F3/c1-16-2-4-17(5-3-16)6-7-18-8-9-20-13-21(11-10-19(20)12-18)22-14-23(26)25(28)24(27)15-22/h14-21H,2-13H2,1H3. The Kier molecular flexibility index (Phi) is 6.37. The van der Waals surface area contributed by atoms with Crippen molar-refractivity contribution in [2.75, 3.05) is 0 Å². The van der Waals surface area contributed by atoms with E-state index in [1.165, 1.54) is 69.9 Å². The number of halogens is 3. The molecule has 4 atom stereocenters. The van der Waals surface area contributed by atoms with E-state index in [4.69, 9.17) is 0 Å². The summed E-state index contributed by atoms with van der Waals surface area (Å²) in [6.45, 7) is 2.39. The quantitative estimate of drug-likeness (QED) is 0.455. The molecule has 4 unspecified atom stereocenters. The van der Waals surface area contributed by atoms with Crippen LogP contribution in [0.5, 0.6) is 0 Å². The molecule has 3 saturated carbocycles. The summed E-state index contributed by atoms with van der Waals surface area (Å²) in [7, 11) is 0. The lowest BCUT2D eigenvalue weighted by atomic mass is 9.63. The van der Waals surface area contributed by atoms with E-state index in [0.717, 1.165) is 42.9 Å². The van der Waals surface area contributed by atoms with Crippen molar-refractivity contribution >= 4 is 0 Å². The van der Waals surface area contributed by atoms with Crippen LogP contribution < -0.4 is 0 Å². The van der Waals surface area contributed by atoms with Gasteiger partial charge in [0.2, 0.25) is 0 Å². The zero-order valence-corrected chi connectivity index (χ0v) is 17.2. The highest BCUT2D eigenvalue weighted by Crippen LogP contribution is 2.49. The summed E-state index contributed by atoms with van der Waals surface area (Å²) in [6.07, 6.45) is 15.6. The highest BCUT2D eigenvalue weighted by Gasteiger charge is 2.36. The molecule has 28 heavy (non-hydrogen) atoms. The van der Waals surface area contributed by atoms with Crippen LogP contribution >= 0.6 is 0 Å². The minimum atomic E-state index is -1.34. The normalized spacial score (nSPS) is 36.1. The first-order valence-corrected chi connectivity index (χ1v) is 11.6. The Labute approximate surface area is 168 Å². The lowest BCUT2D eigenvalue weighted by Crippen LogP contribution is -2.30. The predicted molar refractivity (Wildman–Crippen MR) is 108 cm³/mol. The molecule has 0 aliphatic heterocycles. The van der Waals surface area contributed by atoms with Crippen LogP contribution in [0.4, 0.5) is 13.2 Å². The third-order valence-electron chi connectivity index (χ3n) is 8.32. The summed E-state index contributed by atoms with van der Waals surface area (Å²) in [6, 6.07) is 2.44. The van der Waals surface area contributed by atoms with Crippen LogP contribution in [0.25, 0.3) is 0 Å². The highest BCUT2D eigenvalue weighted by molar-refractivity contribution is 5.24. The first-order chi connectivity index (χ1) is 13.5. The Bertz CT molecular complexity index is 639. The molecule has 0 spiro atoms. The molecule has 156 valence electrons. The Morgan fingerprint density at radius 2 is 1.29 bits per heavy atom. The lowest BCUT2D eigenvalue weighted by molar-refractivity contribution is 0.109. The second-order valence-corrected chi connectivity index (χ2v) is 10.2. The SMILES string of the molecule is CC1CCC(CCC2CCC3CC(c4cc(F)c(F)c(F)c4)CCC3C2)CC1. The molecule has 3 fully saturated rings. The molecule has 0 aromatic heterocycles. The zero-order valence-electron chi connectivity index (χ0n) is 17.2. The fraction of sp³-hybridized carbons (Fsp3) is 0.760. The van der Waals surface area contributed by atoms with Crippen LogP contribution in [-0.2, 0) is 0 Å². The van der Waals surface area contributed by atoms with E-state index in [9.17, 15) is 13.2 Å². The van der Waals surface area contributed by atoms with E-state index in [-0.39, 0.29) is 5.92 Å². The number of hydrogen-bond donors (Lipinski definition) is 0. The van der Waals surface area contributed by atoms with E-state index < -0.39 is 17.5 Å². The average Bonchev–Trinajstić information content (AvgIpc) is 2.70. The van der Waals surface area contributed by atoms with Crippen LogP contribution in [0.3, 0.4) is 0 Å². The highest BCUT2D eigenvalue weighted by atomic mass is 19.2. The Balaban J connectivity index is 1.28. The van der Waals surface area contributed by atoms with Crippen molar-refractivity contribution in [2.24, 2.45) is 29.6 Å². The number of hydrogen-bond acceptors (Lipinski definition) is 0. The molecular weight excluding hydrogens is 357 g/mol. The summed E-state index contributed by atoms with van der Waals surface area (Å²) >= 11 is 0. The number of rotatable bonds is 4. The summed E-state index contributed by atoms with van der Waals surface area (Å²) in [5.41, 5.74) is 0.656. The van der Waals surface area contributed by atoms with Gasteiger partial charge in [0.15, 0.2) is 17.5 Å². The number of fused-ring (bicyclic) bond motifs is 1. The van der Waals surface area contributed by atoms with Crippen LogP contribution in [0.1, 0.15) is 95.5 Å². The maximum absolute atomic E-state index is 13.6. The van der Waals surface area contributed by atoms with Crippen molar-refractivity contribution < 1.29 is 13.2 Å². The van der Waals surface area contributed by atoms with Gasteiger partial charge in [0, 0.05) is 0 Å². The maximum atomic E-state index is 13.6. The molecule has 1 aromatic rings. The largest absolute Gasteiger partial charge is 0.204 e. The van der Waals surface area contributed by atoms with Crippen molar-refractivity contribution in [3.8, 4) is 0 Å². The Morgan fingerprint density at radius 1 is 0.714 bits per heavy atom. The minimum absolute atomic E-state index is 0.187. The van der Waals surface area contributed by atoms with Crippen LogP contribution in [-0.4, -0.2) is 0 Å². The molecular formula is C25H35F3. The predicted octanol–water partition coefficient (Wildman–Crippen LogP) is 8.01. The van der Waals surface area contributed by atoms with E-state index in [1.807, 2.05) is 0 Å². The monoisotopic (exact) mass is 392 g/mol. The van der Waals surface area contributed by atoms with Gasteiger partial charge in [0.1, 0.15) is 0 Å². The summed E-state index contributed by atoms with van der Waals surface area (Å²) in [5, 5.41) is 0. The first-order valence-electron chi connectivity index (χ1n) is 11.6. The van der Waals surface area contributed by atoms with Gasteiger partial charge >= 0.3 is 0 Å². The molecule has 3 heteroatoms. The van der Waals surface area contributed by atoms with Crippen molar-refractivity contribution in [2.45, 2.75) is 89.9 Å². The molecule has 0 amide bonds. The molecule has 0 bridgehead atoms. The van der Waals surface area contributed by atoms with Gasteiger partial charge < -0.3 is 0 Å². The molecule has 3 aliphatic carbocycles. The molecule has 0 heterocycles.